The van der Waals surface area contributed by atoms with Crippen LogP contribution < -0.4 is 10.3 Å². The van der Waals surface area contributed by atoms with Crippen molar-refractivity contribution in [2.45, 2.75) is 32.1 Å². The number of hydrogen-bond donors (Lipinski definition) is 1. The number of amides is 1. The molecule has 1 saturated heterocycles. The van der Waals surface area contributed by atoms with Gasteiger partial charge in [0.05, 0.1) is 18.0 Å². The van der Waals surface area contributed by atoms with Crippen LogP contribution in [0.3, 0.4) is 0 Å². The second-order valence-corrected chi connectivity index (χ2v) is 8.45. The zero-order chi connectivity index (χ0) is 22.7. The Morgan fingerprint density at radius 2 is 1.84 bits per heavy atom. The lowest BCUT2D eigenvalue weighted by atomic mass is 9.88. The Kier molecular flexibility index (Phi) is 6.44. The van der Waals surface area contributed by atoms with Crippen molar-refractivity contribution in [3.63, 3.8) is 0 Å². The molecule has 7 nitrogen and oxygen atoms in total. The molecule has 0 saturated carbocycles. The number of carbonyl (C=O) groups is 2. The van der Waals surface area contributed by atoms with Crippen molar-refractivity contribution in [3.8, 4) is 5.75 Å². The van der Waals surface area contributed by atoms with Crippen LogP contribution in [0.1, 0.15) is 41.7 Å². The van der Waals surface area contributed by atoms with E-state index in [1.165, 1.54) is 0 Å². The normalized spacial score (nSPS) is 14.6. The quantitative estimate of drug-likeness (QED) is 0.577. The van der Waals surface area contributed by atoms with E-state index in [9.17, 15) is 14.4 Å². The van der Waals surface area contributed by atoms with Gasteiger partial charge < -0.3 is 19.2 Å². The number of hydrogen-bond acceptors (Lipinski definition) is 4. The van der Waals surface area contributed by atoms with Crippen LogP contribution >= 0.6 is 0 Å². The van der Waals surface area contributed by atoms with Crippen LogP contribution in [0.5, 0.6) is 5.75 Å². The van der Waals surface area contributed by atoms with E-state index in [2.05, 4.69) is 4.98 Å². The Labute approximate surface area is 187 Å². The average Bonchev–Trinajstić information content (AvgIpc) is 3.20. The van der Waals surface area contributed by atoms with E-state index in [-0.39, 0.29) is 23.2 Å². The van der Waals surface area contributed by atoms with Crippen LogP contribution in [0.4, 0.5) is 0 Å². The lowest BCUT2D eigenvalue weighted by molar-refractivity contribution is -0.132. The number of methoxy groups -OCH3 is 1. The lowest BCUT2D eigenvalue weighted by Crippen LogP contribution is -2.40. The van der Waals surface area contributed by atoms with Gasteiger partial charge in [-0.1, -0.05) is 0 Å². The number of carbonyl (C=O) groups excluding carboxylic acids is 2. The highest BCUT2D eigenvalue weighted by Gasteiger charge is 2.27. The van der Waals surface area contributed by atoms with Crippen LogP contribution in [0.15, 0.2) is 47.4 Å². The first-order valence-corrected chi connectivity index (χ1v) is 11.1. The predicted octanol–water partition coefficient (Wildman–Crippen LogP) is 3.32. The Bertz CT molecular complexity index is 1170. The molecule has 168 valence electrons. The van der Waals surface area contributed by atoms with Gasteiger partial charge in [0.1, 0.15) is 5.75 Å². The summed E-state index contributed by atoms with van der Waals surface area (Å²) in [5.74, 6) is 0.937. The molecule has 32 heavy (non-hydrogen) atoms. The second kappa shape index (κ2) is 9.42. The maximum atomic E-state index is 12.8. The molecule has 3 heterocycles. The summed E-state index contributed by atoms with van der Waals surface area (Å²) in [7, 11) is 3.52. The Hall–Kier alpha value is -3.35. The van der Waals surface area contributed by atoms with E-state index < -0.39 is 0 Å². The Morgan fingerprint density at radius 3 is 2.53 bits per heavy atom. The number of ketones is 1. The molecular formula is C25H29N3O4. The molecule has 1 N–H and O–H groups in total. The van der Waals surface area contributed by atoms with Gasteiger partial charge >= 0.3 is 0 Å². The Balaban J connectivity index is 1.26. The highest BCUT2D eigenvalue weighted by molar-refractivity contribution is 5.98. The van der Waals surface area contributed by atoms with Crippen LogP contribution in [0, 0.1) is 5.92 Å². The number of pyridine rings is 1. The summed E-state index contributed by atoms with van der Waals surface area (Å²) in [5.41, 5.74) is 2.35. The van der Waals surface area contributed by atoms with Gasteiger partial charge in [0.2, 0.25) is 5.91 Å². The number of fused-ring (bicyclic) bond motifs is 1. The predicted molar refractivity (Wildman–Crippen MR) is 123 cm³/mol. The number of Topliss-reactive ketones (excluding diaryl/α,β-unsaturated/α-hetero) is 1. The van der Waals surface area contributed by atoms with E-state index >= 15 is 0 Å². The summed E-state index contributed by atoms with van der Waals surface area (Å²) in [6.07, 6.45) is 5.01. The zero-order valence-corrected chi connectivity index (χ0v) is 18.6. The maximum Gasteiger partial charge on any atom is 0.257 e. The molecule has 1 aromatic carbocycles. The minimum absolute atomic E-state index is 0.0467. The monoisotopic (exact) mass is 435 g/mol. The van der Waals surface area contributed by atoms with Crippen molar-refractivity contribution in [2.75, 3.05) is 20.2 Å². The first-order chi connectivity index (χ1) is 15.5. The summed E-state index contributed by atoms with van der Waals surface area (Å²) in [5, 5.41) is 0.680. The molecule has 0 radical (unpaired) electrons. The molecule has 1 fully saturated rings. The smallest absolute Gasteiger partial charge is 0.257 e. The fourth-order valence-corrected chi connectivity index (χ4v) is 4.43. The molecule has 4 rings (SSSR count). The maximum absolute atomic E-state index is 12.8. The molecule has 0 bridgehead atoms. The number of nitrogens with one attached hydrogen (secondary N) is 1. The fraction of sp³-hybridized carbons (Fsp3) is 0.400. The van der Waals surface area contributed by atoms with E-state index in [0.717, 1.165) is 17.0 Å². The third-order valence-electron chi connectivity index (χ3n) is 6.38. The molecule has 0 atom stereocenters. The van der Waals surface area contributed by atoms with Gasteiger partial charge in [0, 0.05) is 49.9 Å². The first-order valence-electron chi connectivity index (χ1n) is 11.1. The summed E-state index contributed by atoms with van der Waals surface area (Å²) < 4.78 is 7.07. The minimum atomic E-state index is -0.0898. The number of nitrogens with zero attached hydrogens (tertiary/aromatic N) is 2. The van der Waals surface area contributed by atoms with Gasteiger partial charge in [-0.25, -0.2) is 0 Å². The number of rotatable bonds is 7. The molecule has 1 aliphatic heterocycles. The van der Waals surface area contributed by atoms with Crippen molar-refractivity contribution in [2.24, 2.45) is 13.0 Å². The minimum Gasteiger partial charge on any atom is -0.497 e. The van der Waals surface area contributed by atoms with Crippen LogP contribution in [0.2, 0.25) is 0 Å². The molecule has 7 heteroatoms. The Morgan fingerprint density at radius 1 is 1.12 bits per heavy atom. The van der Waals surface area contributed by atoms with Crippen molar-refractivity contribution in [1.82, 2.24) is 14.5 Å². The third-order valence-corrected chi connectivity index (χ3v) is 6.38. The number of piperidine rings is 1. The van der Waals surface area contributed by atoms with Gasteiger partial charge in [-0.2, -0.15) is 0 Å². The number of ether oxygens (including phenoxy) is 1. The zero-order valence-electron chi connectivity index (χ0n) is 18.6. The van der Waals surface area contributed by atoms with Crippen molar-refractivity contribution >= 4 is 22.6 Å². The summed E-state index contributed by atoms with van der Waals surface area (Å²) in [6, 6.07) is 11.0. The first kappa shape index (κ1) is 21.9. The SMILES string of the molecule is COc1ccc(C(=O)C2CCN(C(=O)CCCc3cc4c(ccn4C)c(=O)[nH]3)CC2)cc1. The van der Waals surface area contributed by atoms with Crippen LogP contribution in [-0.4, -0.2) is 46.3 Å². The standard InChI is InChI=1S/C25H29N3O4/c1-27-13-12-21-22(27)16-19(26-25(21)31)4-3-5-23(29)28-14-10-18(11-15-28)24(30)17-6-8-20(32-2)9-7-17/h6-9,12-13,16,18H,3-5,10-11,14-15H2,1-2H3,(H,26,31). The van der Waals surface area contributed by atoms with E-state index in [4.69, 9.17) is 4.74 Å². The highest BCUT2D eigenvalue weighted by Crippen LogP contribution is 2.24. The summed E-state index contributed by atoms with van der Waals surface area (Å²) >= 11 is 0. The number of aromatic amines is 1. The summed E-state index contributed by atoms with van der Waals surface area (Å²) in [6.45, 7) is 1.22. The largest absolute Gasteiger partial charge is 0.497 e. The fourth-order valence-electron chi connectivity index (χ4n) is 4.43. The molecule has 0 spiro atoms. The van der Waals surface area contributed by atoms with Gasteiger partial charge in [-0.05, 0) is 62.1 Å². The van der Waals surface area contributed by atoms with E-state index in [1.54, 1.807) is 31.4 Å². The second-order valence-electron chi connectivity index (χ2n) is 8.45. The van der Waals surface area contributed by atoms with Crippen molar-refractivity contribution in [3.05, 3.63) is 64.2 Å². The van der Waals surface area contributed by atoms with Crippen molar-refractivity contribution in [1.29, 1.82) is 0 Å². The highest BCUT2D eigenvalue weighted by atomic mass is 16.5. The lowest BCUT2D eigenvalue weighted by Gasteiger charge is -2.31. The number of benzene rings is 1. The number of H-pyrrole nitrogens is 1. The van der Waals surface area contributed by atoms with Gasteiger partial charge in [0.25, 0.3) is 5.56 Å². The number of likely N-dealkylation sites (tertiary alicyclic amines) is 1. The van der Waals surface area contributed by atoms with Gasteiger partial charge in [0.15, 0.2) is 5.78 Å². The van der Waals surface area contributed by atoms with Gasteiger partial charge in [-0.15, -0.1) is 0 Å². The molecular weight excluding hydrogens is 406 g/mol. The van der Waals surface area contributed by atoms with Gasteiger partial charge in [-0.3, -0.25) is 14.4 Å². The van der Waals surface area contributed by atoms with E-state index in [0.29, 0.717) is 56.1 Å². The van der Waals surface area contributed by atoms with Crippen LogP contribution in [0.25, 0.3) is 10.9 Å². The number of aryl methyl sites for hydroxylation is 2. The van der Waals surface area contributed by atoms with Crippen LogP contribution in [-0.2, 0) is 18.3 Å². The van der Waals surface area contributed by atoms with Crippen molar-refractivity contribution < 1.29 is 14.3 Å². The molecule has 0 aliphatic carbocycles. The molecule has 0 unspecified atom stereocenters. The molecule has 3 aromatic rings. The average molecular weight is 436 g/mol. The molecule has 2 aromatic heterocycles. The molecule has 1 amide bonds. The third kappa shape index (κ3) is 4.61. The summed E-state index contributed by atoms with van der Waals surface area (Å²) in [4.78, 5) is 42.4. The number of aromatic nitrogens is 2. The van der Waals surface area contributed by atoms with E-state index in [1.807, 2.05) is 34.8 Å². The molecule has 1 aliphatic rings. The topological polar surface area (TPSA) is 84.4 Å².